The van der Waals surface area contributed by atoms with Crippen LogP contribution in [0.1, 0.15) is 72.6 Å². The summed E-state index contributed by atoms with van der Waals surface area (Å²) in [7, 11) is 0. The lowest BCUT2D eigenvalue weighted by Crippen LogP contribution is -2.57. The number of aliphatic hydroxyl groups excluding tert-OH is 1. The summed E-state index contributed by atoms with van der Waals surface area (Å²) < 4.78 is 5.41. The minimum atomic E-state index is -0.901. The van der Waals surface area contributed by atoms with Crippen molar-refractivity contribution in [2.45, 2.75) is 97.4 Å². The molecular weight excluding hydrogens is 528 g/mol. The second kappa shape index (κ2) is 10.7. The first kappa shape index (κ1) is 29.9. The molecule has 0 radical (unpaired) electrons. The zero-order chi connectivity index (χ0) is 29.6. The van der Waals surface area contributed by atoms with Crippen LogP contribution in [0.2, 0.25) is 0 Å². The quantitative estimate of drug-likeness (QED) is 0.542. The minimum absolute atomic E-state index is 0.0961. The lowest BCUT2D eigenvalue weighted by Gasteiger charge is -2.36. The van der Waals surface area contributed by atoms with Gasteiger partial charge in [0.15, 0.2) is 0 Å². The minimum Gasteiger partial charge on any atom is -0.444 e. The maximum Gasteiger partial charge on any atom is 0.408 e. The van der Waals surface area contributed by atoms with Crippen LogP contribution in [-0.4, -0.2) is 68.9 Å². The third-order valence-electron chi connectivity index (χ3n) is 7.50. The number of carbonyl (C=O) groups excluding carboxylic acids is 3. The van der Waals surface area contributed by atoms with Gasteiger partial charge in [-0.05, 0) is 51.2 Å². The maximum atomic E-state index is 13.9. The number of aliphatic imine (C=N–C) groups is 1. The zero-order valence-electron chi connectivity index (χ0n) is 24.6. The van der Waals surface area contributed by atoms with Crippen molar-refractivity contribution in [2.75, 3.05) is 6.54 Å². The SMILES string of the molecule is Cc1ncsc1-c1ccc([C@]2(C)CC(C3C[C@@H](O)CN3C(=O)[C@@H](NC(=O)OC(C)(C)C)C(C)(C)C)=NC2=O)cc1. The number of nitrogens with zero attached hydrogens (tertiary/aromatic N) is 3. The van der Waals surface area contributed by atoms with Crippen LogP contribution in [0.25, 0.3) is 10.4 Å². The van der Waals surface area contributed by atoms with Gasteiger partial charge in [-0.25, -0.2) is 14.8 Å². The number of nitrogens with one attached hydrogen (secondary N) is 1. The molecule has 0 spiro atoms. The molecule has 4 rings (SSSR count). The van der Waals surface area contributed by atoms with Crippen molar-refractivity contribution < 1.29 is 24.2 Å². The Hall–Kier alpha value is -3.11. The number of thiazole rings is 1. The van der Waals surface area contributed by atoms with Gasteiger partial charge in [-0.2, -0.15) is 0 Å². The molecule has 9 nitrogen and oxygen atoms in total. The van der Waals surface area contributed by atoms with Crippen LogP contribution in [-0.2, 0) is 19.7 Å². The van der Waals surface area contributed by atoms with Crippen molar-refractivity contribution >= 4 is 35.0 Å². The standard InChI is InChI=1S/C30H40N4O5S/c1-17-23(40-16-31-17)18-9-11-19(12-10-18)30(8)14-21(32-26(30)37)22-13-20(35)15-34(22)25(36)24(28(2,3)4)33-27(38)39-29(5,6)7/h9-12,16,20,22,24,35H,13-15H2,1-8H3,(H,33,38)/t20-,22?,24-,30+/m1/s1. The average molecular weight is 569 g/mol. The average Bonchev–Trinajstić information content (AvgIpc) is 3.53. The Labute approximate surface area is 240 Å². The van der Waals surface area contributed by atoms with Crippen molar-refractivity contribution in [3.8, 4) is 10.4 Å². The number of likely N-dealkylation sites (tertiary alicyclic amines) is 1. The van der Waals surface area contributed by atoms with Gasteiger partial charge in [0.25, 0.3) is 5.91 Å². The number of alkyl carbamates (subject to hydrolysis) is 1. The first-order chi connectivity index (χ1) is 18.5. The number of benzene rings is 1. The van der Waals surface area contributed by atoms with Crippen LogP contribution >= 0.6 is 11.3 Å². The second-order valence-corrected chi connectivity index (χ2v) is 14.0. The summed E-state index contributed by atoms with van der Waals surface area (Å²) in [4.78, 5) is 51.2. The molecule has 1 fully saturated rings. The summed E-state index contributed by atoms with van der Waals surface area (Å²) in [6, 6.07) is 6.46. The number of hydrogen-bond donors (Lipinski definition) is 2. The van der Waals surface area contributed by atoms with Crippen LogP contribution in [0.5, 0.6) is 0 Å². The third kappa shape index (κ3) is 6.12. The Morgan fingerprint density at radius 2 is 1.82 bits per heavy atom. The van der Waals surface area contributed by atoms with Gasteiger partial charge in [0.1, 0.15) is 11.6 Å². The maximum absolute atomic E-state index is 13.9. The summed E-state index contributed by atoms with van der Waals surface area (Å²) in [6.07, 6.45) is -0.829. The molecule has 2 aromatic rings. The molecule has 2 aliphatic rings. The van der Waals surface area contributed by atoms with Crippen molar-refractivity contribution in [3.63, 3.8) is 0 Å². The Morgan fingerprint density at radius 3 is 2.38 bits per heavy atom. The lowest BCUT2D eigenvalue weighted by atomic mass is 9.78. The van der Waals surface area contributed by atoms with E-state index in [1.807, 2.05) is 64.4 Å². The van der Waals surface area contributed by atoms with Crippen molar-refractivity contribution in [3.05, 3.63) is 41.0 Å². The summed E-state index contributed by atoms with van der Waals surface area (Å²) in [6.45, 7) is 14.8. The fourth-order valence-electron chi connectivity index (χ4n) is 5.33. The van der Waals surface area contributed by atoms with Gasteiger partial charge in [0.2, 0.25) is 5.91 Å². The van der Waals surface area contributed by atoms with E-state index in [1.54, 1.807) is 37.0 Å². The number of aryl methyl sites for hydroxylation is 1. The highest BCUT2D eigenvalue weighted by molar-refractivity contribution is 7.13. The van der Waals surface area contributed by atoms with E-state index in [1.165, 1.54) is 0 Å². The van der Waals surface area contributed by atoms with Gasteiger partial charge in [-0.15, -0.1) is 11.3 Å². The van der Waals surface area contributed by atoms with E-state index < -0.39 is 40.7 Å². The number of aliphatic hydroxyl groups is 1. The van der Waals surface area contributed by atoms with Crippen LogP contribution in [0.4, 0.5) is 4.79 Å². The highest BCUT2D eigenvalue weighted by Crippen LogP contribution is 2.39. The van der Waals surface area contributed by atoms with Crippen molar-refractivity contribution in [2.24, 2.45) is 10.4 Å². The van der Waals surface area contributed by atoms with E-state index in [0.29, 0.717) is 12.1 Å². The number of carbonyl (C=O) groups is 3. The molecule has 1 aromatic heterocycles. The van der Waals surface area contributed by atoms with Gasteiger partial charge in [-0.1, -0.05) is 45.0 Å². The number of hydrogen-bond acceptors (Lipinski definition) is 7. The molecule has 0 bridgehead atoms. The van der Waals surface area contributed by atoms with Crippen LogP contribution in [0.15, 0.2) is 34.8 Å². The molecule has 1 saturated heterocycles. The number of rotatable bonds is 5. The summed E-state index contributed by atoms with van der Waals surface area (Å²) >= 11 is 1.57. The fourth-order valence-corrected chi connectivity index (χ4v) is 6.14. The highest BCUT2D eigenvalue weighted by atomic mass is 32.1. The monoisotopic (exact) mass is 568 g/mol. The highest BCUT2D eigenvalue weighted by Gasteiger charge is 2.49. The molecular formula is C30H40N4O5S. The Morgan fingerprint density at radius 1 is 1.18 bits per heavy atom. The largest absolute Gasteiger partial charge is 0.444 e. The lowest BCUT2D eigenvalue weighted by molar-refractivity contribution is -0.136. The van der Waals surface area contributed by atoms with Gasteiger partial charge >= 0.3 is 6.09 Å². The number of aromatic nitrogens is 1. The first-order valence-corrected chi connectivity index (χ1v) is 14.5. The molecule has 216 valence electrons. The van der Waals surface area contributed by atoms with Gasteiger partial charge in [-0.3, -0.25) is 9.59 Å². The molecule has 1 aromatic carbocycles. The van der Waals surface area contributed by atoms with Crippen molar-refractivity contribution in [1.82, 2.24) is 15.2 Å². The molecule has 0 aliphatic carbocycles. The third-order valence-corrected chi connectivity index (χ3v) is 8.48. The molecule has 4 atom stereocenters. The van der Waals surface area contributed by atoms with Gasteiger partial charge in [0.05, 0.1) is 33.6 Å². The summed E-state index contributed by atoms with van der Waals surface area (Å²) in [5.74, 6) is -0.606. The smallest absolute Gasteiger partial charge is 0.408 e. The molecule has 2 N–H and O–H groups in total. The van der Waals surface area contributed by atoms with E-state index in [-0.39, 0.29) is 24.8 Å². The Bertz CT molecular complexity index is 1320. The van der Waals surface area contributed by atoms with Gasteiger partial charge in [0, 0.05) is 25.1 Å². The summed E-state index contributed by atoms with van der Waals surface area (Å²) in [5, 5.41) is 13.3. The molecule has 40 heavy (non-hydrogen) atoms. The number of ether oxygens (including phenoxy) is 1. The van der Waals surface area contributed by atoms with Crippen LogP contribution in [0.3, 0.4) is 0 Å². The zero-order valence-corrected chi connectivity index (χ0v) is 25.4. The van der Waals surface area contributed by atoms with Crippen LogP contribution < -0.4 is 5.32 Å². The van der Waals surface area contributed by atoms with E-state index in [4.69, 9.17) is 4.74 Å². The summed E-state index contributed by atoms with van der Waals surface area (Å²) in [5.41, 5.74) is 3.01. The van der Waals surface area contributed by atoms with E-state index in [0.717, 1.165) is 21.7 Å². The predicted octanol–water partition coefficient (Wildman–Crippen LogP) is 4.65. The normalized spacial score (nSPS) is 24.2. The molecule has 2 aliphatic heterocycles. The van der Waals surface area contributed by atoms with E-state index in [2.05, 4.69) is 15.3 Å². The van der Waals surface area contributed by atoms with E-state index in [9.17, 15) is 19.5 Å². The first-order valence-electron chi connectivity index (χ1n) is 13.6. The fraction of sp³-hybridized carbons (Fsp3) is 0.567. The molecule has 1 unspecified atom stereocenters. The molecule has 3 heterocycles. The predicted molar refractivity (Wildman–Crippen MR) is 155 cm³/mol. The second-order valence-electron chi connectivity index (χ2n) is 13.1. The molecule has 0 saturated carbocycles. The Balaban J connectivity index is 1.55. The molecule has 3 amide bonds. The Kier molecular flexibility index (Phi) is 7.99. The molecule has 10 heteroatoms. The van der Waals surface area contributed by atoms with Crippen molar-refractivity contribution in [1.29, 1.82) is 0 Å². The number of amides is 3. The van der Waals surface area contributed by atoms with E-state index >= 15 is 0 Å². The topological polar surface area (TPSA) is 121 Å². The number of β-amino-alcohol motifs (C(OH)–C–C–N with tert-alkyl or cyclic N) is 1. The van der Waals surface area contributed by atoms with Crippen LogP contribution in [0, 0.1) is 12.3 Å². The van der Waals surface area contributed by atoms with Gasteiger partial charge < -0.3 is 20.1 Å².